The van der Waals surface area contributed by atoms with Crippen LogP contribution in [0.3, 0.4) is 0 Å². The Kier molecular flexibility index (Phi) is 9.20. The first-order chi connectivity index (χ1) is 18.3. The van der Waals surface area contributed by atoms with Crippen molar-refractivity contribution >= 4 is 46.7 Å². The molecule has 0 saturated carbocycles. The Labute approximate surface area is 229 Å². The van der Waals surface area contributed by atoms with Crippen LogP contribution in [0, 0.1) is 25.5 Å². The largest absolute Gasteiger partial charge is 0.325 e. The number of thioether (sulfide) groups is 2. The van der Waals surface area contributed by atoms with E-state index in [4.69, 9.17) is 0 Å². The van der Waals surface area contributed by atoms with Gasteiger partial charge in [0.15, 0.2) is 0 Å². The minimum absolute atomic E-state index is 0.135. The first-order valence-corrected chi connectivity index (χ1v) is 13.8. The Morgan fingerprint density at radius 3 is 1.32 bits per heavy atom. The predicted molar refractivity (Wildman–Crippen MR) is 153 cm³/mol. The second kappa shape index (κ2) is 12.8. The third-order valence-electron chi connectivity index (χ3n) is 5.70. The summed E-state index contributed by atoms with van der Waals surface area (Å²) in [6.07, 6.45) is 0. The second-order valence-electron chi connectivity index (χ2n) is 8.64. The van der Waals surface area contributed by atoms with Gasteiger partial charge in [0.1, 0.15) is 11.6 Å². The number of benzene rings is 4. The van der Waals surface area contributed by atoms with Gasteiger partial charge >= 0.3 is 0 Å². The number of carbonyl (C=O) groups is 2. The van der Waals surface area contributed by atoms with Crippen LogP contribution in [-0.4, -0.2) is 23.3 Å². The zero-order chi connectivity index (χ0) is 27.1. The third kappa shape index (κ3) is 7.69. The summed E-state index contributed by atoms with van der Waals surface area (Å²) in [5.74, 6) is -0.431. The van der Waals surface area contributed by atoms with Crippen LogP contribution < -0.4 is 10.6 Å². The highest BCUT2D eigenvalue weighted by Crippen LogP contribution is 2.29. The molecule has 2 N–H and O–H groups in total. The Hall–Kier alpha value is -3.62. The SMILES string of the molecule is Cc1cc(-c2ccc(NC(=O)CSc3ccc(F)cc3)c(C)c2)ccc1NC(=O)CSc1ccc(F)cc1. The zero-order valence-corrected chi connectivity index (χ0v) is 22.5. The lowest BCUT2D eigenvalue weighted by Gasteiger charge is -2.13. The Bertz CT molecular complexity index is 1330. The second-order valence-corrected chi connectivity index (χ2v) is 10.7. The molecule has 0 fully saturated rings. The molecule has 8 heteroatoms. The molecule has 0 heterocycles. The van der Waals surface area contributed by atoms with Gasteiger partial charge in [-0.2, -0.15) is 0 Å². The molecule has 0 radical (unpaired) electrons. The van der Waals surface area contributed by atoms with E-state index in [0.717, 1.165) is 43.4 Å². The van der Waals surface area contributed by atoms with Crippen LogP contribution in [-0.2, 0) is 9.59 Å². The molecule has 0 aliphatic rings. The predicted octanol–water partition coefficient (Wildman–Crippen LogP) is 7.71. The van der Waals surface area contributed by atoms with Crippen molar-refractivity contribution in [2.24, 2.45) is 0 Å². The van der Waals surface area contributed by atoms with E-state index in [2.05, 4.69) is 10.6 Å². The summed E-state index contributed by atoms with van der Waals surface area (Å²) in [5.41, 5.74) is 5.31. The maximum absolute atomic E-state index is 13.0. The first kappa shape index (κ1) is 27.4. The maximum atomic E-state index is 13.0. The normalized spacial score (nSPS) is 10.7. The molecule has 0 saturated heterocycles. The molecule has 0 atom stereocenters. The number of anilines is 2. The van der Waals surface area contributed by atoms with Crippen LogP contribution in [0.5, 0.6) is 0 Å². The van der Waals surface area contributed by atoms with Crippen LogP contribution in [0.4, 0.5) is 20.2 Å². The fourth-order valence-electron chi connectivity index (χ4n) is 3.70. The van der Waals surface area contributed by atoms with Crippen molar-refractivity contribution in [2.75, 3.05) is 22.1 Å². The van der Waals surface area contributed by atoms with Crippen molar-refractivity contribution in [3.63, 3.8) is 0 Å². The molecule has 4 aromatic rings. The quantitative estimate of drug-likeness (QED) is 0.210. The van der Waals surface area contributed by atoms with Gasteiger partial charge in [-0.1, -0.05) is 12.1 Å². The van der Waals surface area contributed by atoms with Crippen molar-refractivity contribution in [1.29, 1.82) is 0 Å². The highest BCUT2D eigenvalue weighted by Gasteiger charge is 2.10. The molecule has 0 aliphatic carbocycles. The van der Waals surface area contributed by atoms with E-state index in [1.54, 1.807) is 24.3 Å². The molecule has 4 rings (SSSR count). The van der Waals surface area contributed by atoms with Gasteiger partial charge in [-0.25, -0.2) is 8.78 Å². The van der Waals surface area contributed by atoms with Crippen LogP contribution >= 0.6 is 23.5 Å². The van der Waals surface area contributed by atoms with Gasteiger partial charge < -0.3 is 10.6 Å². The van der Waals surface area contributed by atoms with E-state index >= 15 is 0 Å². The lowest BCUT2D eigenvalue weighted by molar-refractivity contribution is -0.114. The Morgan fingerprint density at radius 1 is 0.605 bits per heavy atom. The lowest BCUT2D eigenvalue weighted by atomic mass is 10.00. The third-order valence-corrected chi connectivity index (χ3v) is 7.73. The monoisotopic (exact) mass is 548 g/mol. The van der Waals surface area contributed by atoms with Crippen LogP contribution in [0.25, 0.3) is 11.1 Å². The van der Waals surface area contributed by atoms with E-state index in [1.807, 2.05) is 50.2 Å². The number of rotatable bonds is 9. The highest BCUT2D eigenvalue weighted by molar-refractivity contribution is 8.00. The summed E-state index contributed by atoms with van der Waals surface area (Å²) in [7, 11) is 0. The molecule has 4 nitrogen and oxygen atoms in total. The van der Waals surface area contributed by atoms with Gasteiger partial charge in [0.05, 0.1) is 11.5 Å². The number of nitrogens with one attached hydrogen (secondary N) is 2. The average Bonchev–Trinajstić information content (AvgIpc) is 2.90. The van der Waals surface area contributed by atoms with E-state index in [0.29, 0.717) is 0 Å². The minimum Gasteiger partial charge on any atom is -0.325 e. The van der Waals surface area contributed by atoms with Crippen LogP contribution in [0.2, 0.25) is 0 Å². The van der Waals surface area contributed by atoms with Crippen molar-refractivity contribution in [3.05, 3.63) is 108 Å². The molecule has 2 amide bonds. The summed E-state index contributed by atoms with van der Waals surface area (Å²) in [6.45, 7) is 3.87. The number of carbonyl (C=O) groups excluding carboxylic acids is 2. The average molecular weight is 549 g/mol. The van der Waals surface area contributed by atoms with Crippen molar-refractivity contribution in [3.8, 4) is 11.1 Å². The fourth-order valence-corrected chi connectivity index (χ4v) is 5.10. The van der Waals surface area contributed by atoms with Crippen LogP contribution in [0.1, 0.15) is 11.1 Å². The summed E-state index contributed by atoms with van der Waals surface area (Å²) >= 11 is 2.70. The maximum Gasteiger partial charge on any atom is 0.234 e. The highest BCUT2D eigenvalue weighted by atomic mass is 32.2. The molecular formula is C30H26F2N2O2S2. The standard InChI is InChI=1S/C30H26F2N2O2S2/c1-19-15-21(3-13-27(19)33-29(35)17-37-25-9-5-23(31)6-10-25)22-4-14-28(20(2)16-22)34-30(36)18-38-26-11-7-24(32)8-12-26/h3-16H,17-18H2,1-2H3,(H,33,35)(H,34,36). The summed E-state index contributed by atoms with van der Waals surface area (Å²) in [5, 5.41) is 5.87. The van der Waals surface area contributed by atoms with E-state index in [1.165, 1.54) is 47.8 Å². The van der Waals surface area contributed by atoms with Crippen molar-refractivity contribution in [1.82, 2.24) is 0 Å². The molecule has 0 aromatic heterocycles. The Balaban J connectivity index is 1.33. The van der Waals surface area contributed by atoms with Gasteiger partial charge in [-0.05, 0) is 109 Å². The van der Waals surface area contributed by atoms with Crippen molar-refractivity contribution < 1.29 is 18.4 Å². The molecule has 0 spiro atoms. The molecule has 0 unspecified atom stereocenters. The topological polar surface area (TPSA) is 58.2 Å². The smallest absolute Gasteiger partial charge is 0.234 e. The van der Waals surface area contributed by atoms with Gasteiger partial charge in [0, 0.05) is 21.2 Å². The Morgan fingerprint density at radius 2 is 0.974 bits per heavy atom. The van der Waals surface area contributed by atoms with E-state index in [-0.39, 0.29) is 35.0 Å². The van der Waals surface area contributed by atoms with Crippen molar-refractivity contribution in [2.45, 2.75) is 23.6 Å². The summed E-state index contributed by atoms with van der Waals surface area (Å²) in [6, 6.07) is 23.8. The van der Waals surface area contributed by atoms with Gasteiger partial charge in [0.2, 0.25) is 11.8 Å². The molecule has 0 bridgehead atoms. The number of amides is 2. The molecular weight excluding hydrogens is 522 g/mol. The molecule has 0 aliphatic heterocycles. The molecule has 194 valence electrons. The van der Waals surface area contributed by atoms with Gasteiger partial charge in [-0.3, -0.25) is 9.59 Å². The number of halogens is 2. The number of hydrogen-bond acceptors (Lipinski definition) is 4. The number of aryl methyl sites for hydroxylation is 2. The lowest BCUT2D eigenvalue weighted by Crippen LogP contribution is -2.15. The summed E-state index contributed by atoms with van der Waals surface area (Å²) in [4.78, 5) is 26.5. The van der Waals surface area contributed by atoms with E-state index < -0.39 is 0 Å². The summed E-state index contributed by atoms with van der Waals surface area (Å²) < 4.78 is 26.1. The minimum atomic E-state index is -0.304. The molecule has 38 heavy (non-hydrogen) atoms. The van der Waals surface area contributed by atoms with Gasteiger partial charge in [0.25, 0.3) is 0 Å². The molecule has 4 aromatic carbocycles. The fraction of sp³-hybridized carbons (Fsp3) is 0.133. The first-order valence-electron chi connectivity index (χ1n) is 11.8. The van der Waals surface area contributed by atoms with Crippen LogP contribution in [0.15, 0.2) is 94.7 Å². The van der Waals surface area contributed by atoms with E-state index in [9.17, 15) is 18.4 Å². The zero-order valence-electron chi connectivity index (χ0n) is 20.9. The number of hydrogen-bond donors (Lipinski definition) is 2. The van der Waals surface area contributed by atoms with Gasteiger partial charge in [-0.15, -0.1) is 23.5 Å².